The van der Waals surface area contributed by atoms with Gasteiger partial charge in [-0.1, -0.05) is 12.1 Å². The van der Waals surface area contributed by atoms with E-state index in [1.54, 1.807) is 29.5 Å². The Balaban J connectivity index is 2.02. The number of nitrogens with one attached hydrogen (secondary N) is 1. The lowest BCUT2D eigenvalue weighted by molar-refractivity contribution is -0.137. The van der Waals surface area contributed by atoms with Gasteiger partial charge in [0.1, 0.15) is 0 Å². The molecule has 0 saturated carbocycles. The van der Waals surface area contributed by atoms with Gasteiger partial charge in [-0.25, -0.2) is 0 Å². The molecule has 26 heavy (non-hydrogen) atoms. The van der Waals surface area contributed by atoms with E-state index >= 15 is 0 Å². The van der Waals surface area contributed by atoms with E-state index in [-0.39, 0.29) is 12.3 Å². The van der Waals surface area contributed by atoms with Gasteiger partial charge in [0, 0.05) is 11.3 Å². The smallest absolute Gasteiger partial charge is 0.305 e. The Morgan fingerprint density at radius 3 is 2.58 bits per heavy atom. The molecule has 0 aliphatic rings. The summed E-state index contributed by atoms with van der Waals surface area (Å²) >= 11 is 1.67. The average Bonchev–Trinajstić information content (AvgIpc) is 3.13. The number of carbonyl (C=O) groups is 2. The lowest BCUT2D eigenvalue weighted by Crippen LogP contribution is -2.30. The number of rotatable bonds is 10. The molecule has 1 amide bonds. The Morgan fingerprint density at radius 1 is 1.19 bits per heavy atom. The summed E-state index contributed by atoms with van der Waals surface area (Å²) in [4.78, 5) is 24.7. The van der Waals surface area contributed by atoms with Crippen LogP contribution in [0.5, 0.6) is 11.5 Å². The molecule has 1 atom stereocenters. The number of carboxylic acid groups (broad SMARTS) is 1. The topological polar surface area (TPSA) is 84.9 Å². The number of hydrogen-bond donors (Lipinski definition) is 2. The molecule has 1 unspecified atom stereocenters. The number of aliphatic carboxylic acids is 1. The standard InChI is InChI=1S/C19H23NO5S/c1-24-16-9-8-13(11-17(16)25-2)15(12-19(22)23)20-18(21)7-3-5-14-6-4-10-26-14/h4,6,8-11,15H,3,5,7,12H2,1-2H3,(H,20,21)(H,22,23). The van der Waals surface area contributed by atoms with Gasteiger partial charge in [0.2, 0.25) is 5.91 Å². The van der Waals surface area contributed by atoms with E-state index in [1.165, 1.54) is 19.1 Å². The highest BCUT2D eigenvalue weighted by atomic mass is 32.1. The van der Waals surface area contributed by atoms with Gasteiger partial charge in [0.25, 0.3) is 0 Å². The van der Waals surface area contributed by atoms with Crippen molar-refractivity contribution in [2.45, 2.75) is 31.7 Å². The van der Waals surface area contributed by atoms with Crippen LogP contribution in [0, 0.1) is 0 Å². The van der Waals surface area contributed by atoms with E-state index in [1.807, 2.05) is 17.5 Å². The molecule has 2 aromatic rings. The van der Waals surface area contributed by atoms with Gasteiger partial charge in [0.05, 0.1) is 26.7 Å². The highest BCUT2D eigenvalue weighted by Gasteiger charge is 2.19. The summed E-state index contributed by atoms with van der Waals surface area (Å²) < 4.78 is 10.5. The van der Waals surface area contributed by atoms with Crippen LogP contribution in [0.15, 0.2) is 35.7 Å². The number of hydrogen-bond acceptors (Lipinski definition) is 5. The maximum Gasteiger partial charge on any atom is 0.305 e. The third-order valence-corrected chi connectivity index (χ3v) is 4.87. The zero-order valence-electron chi connectivity index (χ0n) is 14.9. The van der Waals surface area contributed by atoms with Crippen molar-refractivity contribution >= 4 is 23.2 Å². The molecule has 0 bridgehead atoms. The highest BCUT2D eigenvalue weighted by molar-refractivity contribution is 7.09. The maximum absolute atomic E-state index is 12.3. The second-order valence-corrected chi connectivity index (χ2v) is 6.80. The van der Waals surface area contributed by atoms with Crippen LogP contribution in [-0.4, -0.2) is 31.2 Å². The SMILES string of the molecule is COc1ccc(C(CC(=O)O)NC(=O)CCCc2cccs2)cc1OC. The monoisotopic (exact) mass is 377 g/mol. The van der Waals surface area contributed by atoms with Crippen LogP contribution >= 0.6 is 11.3 Å². The van der Waals surface area contributed by atoms with Gasteiger partial charge in [-0.15, -0.1) is 11.3 Å². The Labute approximate surface area is 156 Å². The number of aryl methyl sites for hydroxylation is 1. The minimum Gasteiger partial charge on any atom is -0.493 e. The average molecular weight is 377 g/mol. The number of benzene rings is 1. The molecule has 1 aromatic carbocycles. The van der Waals surface area contributed by atoms with Crippen molar-refractivity contribution in [1.29, 1.82) is 0 Å². The molecule has 2 N–H and O–H groups in total. The number of ether oxygens (including phenoxy) is 2. The third kappa shape index (κ3) is 5.77. The molecule has 6 nitrogen and oxygen atoms in total. The van der Waals surface area contributed by atoms with Crippen LogP contribution in [0.4, 0.5) is 0 Å². The summed E-state index contributed by atoms with van der Waals surface area (Å²) in [7, 11) is 3.04. The normalized spacial score (nSPS) is 11.6. The minimum absolute atomic E-state index is 0.164. The molecule has 1 aromatic heterocycles. The van der Waals surface area contributed by atoms with E-state index < -0.39 is 12.0 Å². The first kappa shape index (κ1) is 19.8. The fraction of sp³-hybridized carbons (Fsp3) is 0.368. The molecule has 0 spiro atoms. The molecule has 1 heterocycles. The van der Waals surface area contributed by atoms with E-state index in [0.29, 0.717) is 23.5 Å². The zero-order chi connectivity index (χ0) is 18.9. The first-order valence-electron chi connectivity index (χ1n) is 8.29. The molecule has 0 radical (unpaired) electrons. The van der Waals surface area contributed by atoms with Crippen LogP contribution in [0.3, 0.4) is 0 Å². The summed E-state index contributed by atoms with van der Waals surface area (Å²) in [5, 5.41) is 14.0. The first-order chi connectivity index (χ1) is 12.5. The van der Waals surface area contributed by atoms with Crippen molar-refractivity contribution in [2.75, 3.05) is 14.2 Å². The number of amides is 1. The van der Waals surface area contributed by atoms with Crippen molar-refractivity contribution < 1.29 is 24.2 Å². The van der Waals surface area contributed by atoms with E-state index in [0.717, 1.165) is 12.8 Å². The van der Waals surface area contributed by atoms with Crippen molar-refractivity contribution in [3.05, 3.63) is 46.2 Å². The van der Waals surface area contributed by atoms with Crippen LogP contribution in [0.1, 0.15) is 35.7 Å². The number of carbonyl (C=O) groups excluding carboxylic acids is 1. The van der Waals surface area contributed by atoms with Crippen molar-refractivity contribution in [3.63, 3.8) is 0 Å². The summed E-state index contributed by atoms with van der Waals surface area (Å²) in [6.45, 7) is 0. The van der Waals surface area contributed by atoms with Gasteiger partial charge in [-0.05, 0) is 42.0 Å². The van der Waals surface area contributed by atoms with Gasteiger partial charge in [0.15, 0.2) is 11.5 Å². The summed E-state index contributed by atoms with van der Waals surface area (Å²) in [5.41, 5.74) is 0.664. The van der Waals surface area contributed by atoms with Crippen molar-refractivity contribution in [1.82, 2.24) is 5.32 Å². The highest BCUT2D eigenvalue weighted by Crippen LogP contribution is 2.31. The van der Waals surface area contributed by atoms with E-state index in [9.17, 15) is 14.7 Å². The summed E-state index contributed by atoms with van der Waals surface area (Å²) in [6, 6.07) is 8.53. The van der Waals surface area contributed by atoms with Crippen molar-refractivity contribution in [2.24, 2.45) is 0 Å². The third-order valence-electron chi connectivity index (χ3n) is 3.93. The minimum atomic E-state index is -0.983. The van der Waals surface area contributed by atoms with Crippen LogP contribution in [-0.2, 0) is 16.0 Å². The second-order valence-electron chi connectivity index (χ2n) is 5.77. The molecule has 0 aliphatic carbocycles. The number of carboxylic acids is 1. The van der Waals surface area contributed by atoms with E-state index in [4.69, 9.17) is 9.47 Å². The van der Waals surface area contributed by atoms with Crippen LogP contribution in [0.25, 0.3) is 0 Å². The lowest BCUT2D eigenvalue weighted by Gasteiger charge is -2.19. The predicted molar refractivity (Wildman–Crippen MR) is 99.9 cm³/mol. The predicted octanol–water partition coefficient (Wildman–Crippen LogP) is 3.42. The number of methoxy groups -OCH3 is 2. The fourth-order valence-corrected chi connectivity index (χ4v) is 3.39. The van der Waals surface area contributed by atoms with E-state index in [2.05, 4.69) is 5.32 Å². The number of thiophene rings is 1. The Bertz CT molecular complexity index is 730. The van der Waals surface area contributed by atoms with Gasteiger partial charge in [-0.3, -0.25) is 9.59 Å². The van der Waals surface area contributed by atoms with Crippen molar-refractivity contribution in [3.8, 4) is 11.5 Å². The Morgan fingerprint density at radius 2 is 1.96 bits per heavy atom. The quantitative estimate of drug-likeness (QED) is 0.663. The second kappa shape index (κ2) is 9.82. The summed E-state index contributed by atoms with van der Waals surface area (Å²) in [5.74, 6) is -0.105. The molecule has 140 valence electrons. The molecule has 0 saturated heterocycles. The van der Waals surface area contributed by atoms with Gasteiger partial charge >= 0.3 is 5.97 Å². The molecule has 7 heteroatoms. The van der Waals surface area contributed by atoms with Gasteiger partial charge < -0.3 is 19.9 Å². The lowest BCUT2D eigenvalue weighted by atomic mass is 10.0. The summed E-state index contributed by atoms with van der Waals surface area (Å²) in [6.07, 6.45) is 1.70. The Kier molecular flexibility index (Phi) is 7.47. The van der Waals surface area contributed by atoms with Crippen LogP contribution in [0.2, 0.25) is 0 Å². The molecule has 0 aliphatic heterocycles. The largest absolute Gasteiger partial charge is 0.493 e. The first-order valence-corrected chi connectivity index (χ1v) is 9.17. The molecule has 0 fully saturated rings. The van der Waals surface area contributed by atoms with Gasteiger partial charge in [-0.2, -0.15) is 0 Å². The zero-order valence-corrected chi connectivity index (χ0v) is 15.7. The maximum atomic E-state index is 12.3. The van der Waals surface area contributed by atoms with Crippen LogP contribution < -0.4 is 14.8 Å². The molecular formula is C19H23NO5S. The Hall–Kier alpha value is -2.54. The molecular weight excluding hydrogens is 354 g/mol. The molecule has 2 rings (SSSR count). The fourth-order valence-electron chi connectivity index (χ4n) is 2.64.